The molecule has 1 aliphatic rings. The molecule has 1 aromatic carbocycles. The summed E-state index contributed by atoms with van der Waals surface area (Å²) in [6.45, 7) is 6.57. The third kappa shape index (κ3) is 3.39. The number of likely N-dealkylation sites (tertiary alicyclic amines) is 1. The van der Waals surface area contributed by atoms with E-state index in [1.165, 1.54) is 31.4 Å². The van der Waals surface area contributed by atoms with Crippen molar-refractivity contribution in [1.29, 1.82) is 0 Å². The van der Waals surface area contributed by atoms with Gasteiger partial charge in [0.1, 0.15) is 5.82 Å². The second-order valence-electron chi connectivity index (χ2n) is 6.19. The highest BCUT2D eigenvalue weighted by Gasteiger charge is 2.35. The van der Waals surface area contributed by atoms with Gasteiger partial charge in [0.2, 0.25) is 0 Å². The van der Waals surface area contributed by atoms with E-state index >= 15 is 0 Å². The zero-order valence-electron chi connectivity index (χ0n) is 12.7. The van der Waals surface area contributed by atoms with Crippen LogP contribution in [0, 0.1) is 5.82 Å². The Morgan fingerprint density at radius 1 is 1.20 bits per heavy atom. The Morgan fingerprint density at radius 3 is 2.35 bits per heavy atom. The Balaban J connectivity index is 2.23. The van der Waals surface area contributed by atoms with E-state index in [2.05, 4.69) is 18.7 Å². The molecule has 0 spiro atoms. The second kappa shape index (κ2) is 6.68. The maximum atomic E-state index is 13.1. The van der Waals surface area contributed by atoms with E-state index in [-0.39, 0.29) is 5.82 Å². The molecule has 1 aliphatic heterocycles. The monoisotopic (exact) mass is 278 g/mol. The fourth-order valence-corrected chi connectivity index (χ4v) is 3.37. The van der Waals surface area contributed by atoms with Gasteiger partial charge in [0.15, 0.2) is 0 Å². The number of piperidine rings is 1. The summed E-state index contributed by atoms with van der Waals surface area (Å²) in [5.74, 6) is -0.199. The average molecular weight is 278 g/mol. The zero-order chi connectivity index (χ0) is 14.6. The molecule has 2 atom stereocenters. The Kier molecular flexibility index (Phi) is 5.17. The summed E-state index contributed by atoms with van der Waals surface area (Å²) in [4.78, 5) is 2.54. The van der Waals surface area contributed by atoms with Gasteiger partial charge in [-0.25, -0.2) is 4.39 Å². The summed E-state index contributed by atoms with van der Waals surface area (Å²) in [5.41, 5.74) is 7.29. The fourth-order valence-electron chi connectivity index (χ4n) is 3.37. The van der Waals surface area contributed by atoms with Gasteiger partial charge in [-0.2, -0.15) is 0 Å². The predicted octanol–water partition coefficient (Wildman–Crippen LogP) is 3.65. The van der Waals surface area contributed by atoms with Crippen molar-refractivity contribution in [3.8, 4) is 0 Å². The summed E-state index contributed by atoms with van der Waals surface area (Å²) < 4.78 is 13.1. The highest BCUT2D eigenvalue weighted by Crippen LogP contribution is 2.30. The first kappa shape index (κ1) is 15.5. The SMILES string of the molecule is CCCC(N1CCCCC1)C(C)(N)c1ccc(F)cc1. The molecule has 20 heavy (non-hydrogen) atoms. The van der Waals surface area contributed by atoms with Gasteiger partial charge in [-0.3, -0.25) is 4.90 Å². The largest absolute Gasteiger partial charge is 0.320 e. The molecule has 2 nitrogen and oxygen atoms in total. The van der Waals surface area contributed by atoms with Gasteiger partial charge >= 0.3 is 0 Å². The van der Waals surface area contributed by atoms with Crippen LogP contribution < -0.4 is 5.73 Å². The fraction of sp³-hybridized carbons (Fsp3) is 0.647. The van der Waals surface area contributed by atoms with Crippen LogP contribution in [0.5, 0.6) is 0 Å². The van der Waals surface area contributed by atoms with Crippen molar-refractivity contribution in [2.24, 2.45) is 5.73 Å². The molecule has 2 unspecified atom stereocenters. The number of hydrogen-bond donors (Lipinski definition) is 1. The molecule has 0 saturated carbocycles. The first-order valence-corrected chi connectivity index (χ1v) is 7.84. The molecule has 1 heterocycles. The number of nitrogens with zero attached hydrogens (tertiary/aromatic N) is 1. The summed E-state index contributed by atoms with van der Waals surface area (Å²) in [6.07, 6.45) is 6.06. The number of benzene rings is 1. The van der Waals surface area contributed by atoms with Crippen LogP contribution >= 0.6 is 0 Å². The van der Waals surface area contributed by atoms with Crippen molar-refractivity contribution in [3.05, 3.63) is 35.6 Å². The van der Waals surface area contributed by atoms with Crippen molar-refractivity contribution in [1.82, 2.24) is 4.90 Å². The van der Waals surface area contributed by atoms with Crippen LogP contribution in [0.4, 0.5) is 4.39 Å². The van der Waals surface area contributed by atoms with E-state index in [4.69, 9.17) is 5.73 Å². The Labute approximate surface area is 122 Å². The molecule has 1 aromatic rings. The maximum absolute atomic E-state index is 13.1. The number of hydrogen-bond acceptors (Lipinski definition) is 2. The minimum Gasteiger partial charge on any atom is -0.320 e. The summed E-state index contributed by atoms with van der Waals surface area (Å²) in [7, 11) is 0. The molecule has 1 saturated heterocycles. The van der Waals surface area contributed by atoms with Gasteiger partial charge in [0.25, 0.3) is 0 Å². The van der Waals surface area contributed by atoms with Crippen LogP contribution in [-0.2, 0) is 5.54 Å². The van der Waals surface area contributed by atoms with Crippen molar-refractivity contribution in [2.75, 3.05) is 13.1 Å². The third-order valence-corrected chi connectivity index (χ3v) is 4.55. The first-order valence-electron chi connectivity index (χ1n) is 7.84. The average Bonchev–Trinajstić information content (AvgIpc) is 2.46. The lowest BCUT2D eigenvalue weighted by Gasteiger charge is -2.44. The van der Waals surface area contributed by atoms with Gasteiger partial charge < -0.3 is 5.73 Å². The lowest BCUT2D eigenvalue weighted by molar-refractivity contribution is 0.0962. The number of rotatable bonds is 5. The standard InChI is InChI=1S/C17H27FN2/c1-3-7-16(20-12-5-4-6-13-20)17(2,19)14-8-10-15(18)11-9-14/h8-11,16H,3-7,12-13,19H2,1-2H3. The van der Waals surface area contributed by atoms with Crippen LogP contribution in [0.1, 0.15) is 51.5 Å². The molecule has 0 aromatic heterocycles. The van der Waals surface area contributed by atoms with E-state index in [9.17, 15) is 4.39 Å². The minimum atomic E-state index is -0.430. The first-order chi connectivity index (χ1) is 9.55. The van der Waals surface area contributed by atoms with E-state index < -0.39 is 5.54 Å². The summed E-state index contributed by atoms with van der Waals surface area (Å²) in [5, 5.41) is 0. The molecule has 0 amide bonds. The van der Waals surface area contributed by atoms with Crippen LogP contribution in [0.3, 0.4) is 0 Å². The van der Waals surface area contributed by atoms with E-state index in [0.29, 0.717) is 6.04 Å². The Morgan fingerprint density at radius 2 is 1.80 bits per heavy atom. The van der Waals surface area contributed by atoms with E-state index in [1.54, 1.807) is 0 Å². The predicted molar refractivity (Wildman–Crippen MR) is 82.1 cm³/mol. The molecule has 2 rings (SSSR count). The Bertz CT molecular complexity index is 408. The highest BCUT2D eigenvalue weighted by molar-refractivity contribution is 5.26. The summed E-state index contributed by atoms with van der Waals surface area (Å²) >= 11 is 0. The molecule has 0 radical (unpaired) electrons. The number of halogens is 1. The van der Waals surface area contributed by atoms with E-state index in [1.807, 2.05) is 12.1 Å². The number of nitrogens with two attached hydrogens (primary N) is 1. The van der Waals surface area contributed by atoms with Crippen LogP contribution in [-0.4, -0.2) is 24.0 Å². The van der Waals surface area contributed by atoms with E-state index in [0.717, 1.165) is 31.5 Å². The highest BCUT2D eigenvalue weighted by atomic mass is 19.1. The molecule has 2 N–H and O–H groups in total. The van der Waals surface area contributed by atoms with Crippen molar-refractivity contribution in [3.63, 3.8) is 0 Å². The molecule has 0 bridgehead atoms. The van der Waals surface area contributed by atoms with Crippen molar-refractivity contribution in [2.45, 2.75) is 57.5 Å². The quantitative estimate of drug-likeness (QED) is 0.890. The van der Waals surface area contributed by atoms with Gasteiger partial charge in [-0.15, -0.1) is 0 Å². The zero-order valence-corrected chi connectivity index (χ0v) is 12.7. The van der Waals surface area contributed by atoms with Crippen LogP contribution in [0.15, 0.2) is 24.3 Å². The minimum absolute atomic E-state index is 0.199. The van der Waals surface area contributed by atoms with Gasteiger partial charge in [-0.05, 0) is 57.0 Å². The smallest absolute Gasteiger partial charge is 0.123 e. The van der Waals surface area contributed by atoms with Crippen LogP contribution in [0.2, 0.25) is 0 Å². The van der Waals surface area contributed by atoms with Crippen molar-refractivity contribution >= 4 is 0 Å². The Hall–Kier alpha value is -0.930. The molecule has 1 fully saturated rings. The lowest BCUT2D eigenvalue weighted by atomic mass is 9.81. The molecular weight excluding hydrogens is 251 g/mol. The molecule has 112 valence electrons. The van der Waals surface area contributed by atoms with Crippen LogP contribution in [0.25, 0.3) is 0 Å². The van der Waals surface area contributed by atoms with Crippen molar-refractivity contribution < 1.29 is 4.39 Å². The third-order valence-electron chi connectivity index (χ3n) is 4.55. The van der Waals surface area contributed by atoms with Gasteiger partial charge in [0.05, 0.1) is 5.54 Å². The maximum Gasteiger partial charge on any atom is 0.123 e. The normalized spacial score (nSPS) is 21.4. The molecule has 0 aliphatic carbocycles. The van der Waals surface area contributed by atoms with Gasteiger partial charge in [-0.1, -0.05) is 31.9 Å². The van der Waals surface area contributed by atoms with Gasteiger partial charge in [0, 0.05) is 6.04 Å². The summed E-state index contributed by atoms with van der Waals surface area (Å²) in [6, 6.07) is 7.03. The lowest BCUT2D eigenvalue weighted by Crippen LogP contribution is -2.55. The topological polar surface area (TPSA) is 29.3 Å². The second-order valence-corrected chi connectivity index (χ2v) is 6.19. The molecular formula is C17H27FN2. The molecule has 3 heteroatoms.